The van der Waals surface area contributed by atoms with Gasteiger partial charge in [0.2, 0.25) is 0 Å². The lowest BCUT2D eigenvalue weighted by molar-refractivity contribution is -0.144. The molecule has 0 spiro atoms. The second kappa shape index (κ2) is 24.8. The highest BCUT2D eigenvalue weighted by molar-refractivity contribution is 5.85. The van der Waals surface area contributed by atoms with Crippen molar-refractivity contribution in [2.75, 3.05) is 26.2 Å². The Morgan fingerprint density at radius 2 is 1.04 bits per heavy atom. The molecule has 0 bridgehead atoms. The van der Waals surface area contributed by atoms with Crippen LogP contribution in [-0.2, 0) is 9.53 Å². The van der Waals surface area contributed by atoms with Crippen molar-refractivity contribution in [2.24, 2.45) is 0 Å². The number of rotatable bonds is 21. The summed E-state index contributed by atoms with van der Waals surface area (Å²) in [5, 5.41) is 0. The Bertz CT molecular complexity index is 309. The number of unbranched alkanes of at least 4 members (excludes halogenated alkanes) is 14. The second-order valence-electron chi connectivity index (χ2n) is 7.95. The first-order valence-corrected chi connectivity index (χ1v) is 12.1. The fourth-order valence-corrected chi connectivity index (χ4v) is 3.54. The van der Waals surface area contributed by atoms with E-state index in [1.807, 2.05) is 0 Å². The fraction of sp³-hybridized carbons (Fsp3) is 0.958. The van der Waals surface area contributed by atoms with Crippen molar-refractivity contribution >= 4 is 18.4 Å². The molecule has 0 fully saturated rings. The Morgan fingerprint density at radius 1 is 0.643 bits per heavy atom. The van der Waals surface area contributed by atoms with Crippen molar-refractivity contribution in [3.63, 3.8) is 0 Å². The van der Waals surface area contributed by atoms with Gasteiger partial charge in [-0.2, -0.15) is 0 Å². The topological polar surface area (TPSA) is 29.5 Å². The van der Waals surface area contributed by atoms with Crippen LogP contribution in [0.25, 0.3) is 0 Å². The molecule has 0 heterocycles. The molecular weight excluding hydrogens is 370 g/mol. The number of nitrogens with zero attached hydrogens (tertiary/aromatic N) is 1. The van der Waals surface area contributed by atoms with E-state index in [4.69, 9.17) is 4.74 Å². The molecule has 0 aromatic heterocycles. The van der Waals surface area contributed by atoms with Gasteiger partial charge in [-0.1, -0.05) is 111 Å². The zero-order valence-corrected chi connectivity index (χ0v) is 20.1. The average Bonchev–Trinajstić information content (AvgIpc) is 2.68. The van der Waals surface area contributed by atoms with Crippen LogP contribution in [0.5, 0.6) is 0 Å². The van der Waals surface area contributed by atoms with Gasteiger partial charge in [-0.3, -0.25) is 4.79 Å². The summed E-state index contributed by atoms with van der Waals surface area (Å²) in [5.74, 6) is -0.0168. The molecule has 0 saturated carbocycles. The van der Waals surface area contributed by atoms with Crippen molar-refractivity contribution in [3.8, 4) is 0 Å². The summed E-state index contributed by atoms with van der Waals surface area (Å²) in [6.07, 6.45) is 20.9. The van der Waals surface area contributed by atoms with Crippen LogP contribution in [0, 0.1) is 0 Å². The minimum atomic E-state index is -0.0168. The normalized spacial score (nSPS) is 10.9. The summed E-state index contributed by atoms with van der Waals surface area (Å²) >= 11 is 0. The number of carbonyl (C=O) groups is 1. The molecule has 0 radical (unpaired) electrons. The van der Waals surface area contributed by atoms with E-state index in [9.17, 15) is 4.79 Å². The Kier molecular flexibility index (Phi) is 26.5. The molecule has 0 aromatic carbocycles. The summed E-state index contributed by atoms with van der Waals surface area (Å²) in [6, 6.07) is 0. The number of hydrogen-bond acceptors (Lipinski definition) is 3. The third-order valence-electron chi connectivity index (χ3n) is 5.55. The maximum atomic E-state index is 11.7. The van der Waals surface area contributed by atoms with Gasteiger partial charge >= 0.3 is 5.97 Å². The molecule has 0 saturated heterocycles. The van der Waals surface area contributed by atoms with E-state index in [1.54, 1.807) is 0 Å². The Hall–Kier alpha value is -0.280. The molecule has 0 aliphatic rings. The Labute approximate surface area is 182 Å². The zero-order chi connectivity index (χ0) is 20.0. The van der Waals surface area contributed by atoms with Crippen LogP contribution in [0.1, 0.15) is 124 Å². The molecule has 0 unspecified atom stereocenters. The SMILES string of the molecule is CCCCCCCCCCCCCCCCCC(=O)OCCN(CC)CC.Cl. The molecule has 0 aromatic rings. The lowest BCUT2D eigenvalue weighted by atomic mass is 10.0. The van der Waals surface area contributed by atoms with Crippen molar-refractivity contribution < 1.29 is 9.53 Å². The highest BCUT2D eigenvalue weighted by Gasteiger charge is 2.04. The number of ether oxygens (including phenoxy) is 1. The first-order chi connectivity index (χ1) is 13.2. The maximum absolute atomic E-state index is 11.7. The largest absolute Gasteiger partial charge is 0.464 e. The minimum Gasteiger partial charge on any atom is -0.464 e. The zero-order valence-electron chi connectivity index (χ0n) is 19.3. The lowest BCUT2D eigenvalue weighted by Gasteiger charge is -2.17. The van der Waals surface area contributed by atoms with E-state index in [2.05, 4.69) is 25.7 Å². The van der Waals surface area contributed by atoms with Gasteiger partial charge in [0.05, 0.1) is 0 Å². The average molecular weight is 420 g/mol. The van der Waals surface area contributed by atoms with Crippen molar-refractivity contribution in [1.82, 2.24) is 4.90 Å². The molecule has 4 heteroatoms. The molecule has 0 aliphatic heterocycles. The standard InChI is InChI=1S/C24H49NO2.ClH/c1-4-7-8-9-10-11-12-13-14-15-16-17-18-19-20-21-24(26)27-23-22-25(5-2)6-3;/h4-23H2,1-3H3;1H. The molecule has 0 rings (SSSR count). The molecule has 3 nitrogen and oxygen atoms in total. The monoisotopic (exact) mass is 419 g/mol. The predicted molar refractivity (Wildman–Crippen MR) is 126 cm³/mol. The van der Waals surface area contributed by atoms with E-state index in [1.165, 1.54) is 89.9 Å². The molecule has 0 atom stereocenters. The van der Waals surface area contributed by atoms with E-state index in [-0.39, 0.29) is 18.4 Å². The van der Waals surface area contributed by atoms with Gasteiger partial charge in [0, 0.05) is 13.0 Å². The van der Waals surface area contributed by atoms with Gasteiger partial charge in [0.15, 0.2) is 0 Å². The van der Waals surface area contributed by atoms with Gasteiger partial charge in [0.1, 0.15) is 6.61 Å². The van der Waals surface area contributed by atoms with Crippen LogP contribution in [-0.4, -0.2) is 37.1 Å². The van der Waals surface area contributed by atoms with Gasteiger partial charge < -0.3 is 9.64 Å². The second-order valence-corrected chi connectivity index (χ2v) is 7.95. The minimum absolute atomic E-state index is 0. The summed E-state index contributed by atoms with van der Waals surface area (Å²) in [6.45, 7) is 10.0. The van der Waals surface area contributed by atoms with Crippen molar-refractivity contribution in [3.05, 3.63) is 0 Å². The van der Waals surface area contributed by atoms with Crippen LogP contribution in [0.4, 0.5) is 0 Å². The van der Waals surface area contributed by atoms with Crippen molar-refractivity contribution in [2.45, 2.75) is 124 Å². The number of halogens is 1. The van der Waals surface area contributed by atoms with Gasteiger partial charge in [-0.05, 0) is 19.5 Å². The smallest absolute Gasteiger partial charge is 0.305 e. The Morgan fingerprint density at radius 3 is 1.43 bits per heavy atom. The molecule has 0 N–H and O–H groups in total. The number of likely N-dealkylation sites (N-methyl/N-ethyl adjacent to an activating group) is 1. The van der Waals surface area contributed by atoms with Crippen LogP contribution in [0.3, 0.4) is 0 Å². The van der Waals surface area contributed by atoms with Crippen LogP contribution in [0.15, 0.2) is 0 Å². The summed E-state index contributed by atoms with van der Waals surface area (Å²) in [4.78, 5) is 14.0. The summed E-state index contributed by atoms with van der Waals surface area (Å²) in [5.41, 5.74) is 0. The van der Waals surface area contributed by atoms with Gasteiger partial charge in [-0.25, -0.2) is 0 Å². The summed E-state index contributed by atoms with van der Waals surface area (Å²) < 4.78 is 5.31. The molecule has 0 amide bonds. The third-order valence-corrected chi connectivity index (χ3v) is 5.55. The van der Waals surface area contributed by atoms with Gasteiger partial charge in [-0.15, -0.1) is 12.4 Å². The highest BCUT2D eigenvalue weighted by atomic mass is 35.5. The molecular formula is C24H50ClNO2. The quantitative estimate of drug-likeness (QED) is 0.142. The predicted octanol–water partition coefficient (Wildman–Crippen LogP) is 7.55. The van der Waals surface area contributed by atoms with E-state index < -0.39 is 0 Å². The maximum Gasteiger partial charge on any atom is 0.305 e. The van der Waals surface area contributed by atoms with E-state index >= 15 is 0 Å². The first kappa shape index (κ1) is 29.9. The number of carbonyl (C=O) groups excluding carboxylic acids is 1. The molecule has 170 valence electrons. The summed E-state index contributed by atoms with van der Waals surface area (Å²) in [7, 11) is 0. The van der Waals surface area contributed by atoms with Crippen LogP contribution >= 0.6 is 12.4 Å². The van der Waals surface area contributed by atoms with E-state index in [0.29, 0.717) is 13.0 Å². The lowest BCUT2D eigenvalue weighted by Crippen LogP contribution is -2.27. The van der Waals surface area contributed by atoms with Crippen molar-refractivity contribution in [1.29, 1.82) is 0 Å². The van der Waals surface area contributed by atoms with Crippen LogP contribution < -0.4 is 0 Å². The Balaban J connectivity index is 0. The van der Waals surface area contributed by atoms with Gasteiger partial charge in [0.25, 0.3) is 0 Å². The highest BCUT2D eigenvalue weighted by Crippen LogP contribution is 2.13. The fourth-order valence-electron chi connectivity index (χ4n) is 3.54. The van der Waals surface area contributed by atoms with E-state index in [0.717, 1.165) is 26.1 Å². The molecule has 28 heavy (non-hydrogen) atoms. The first-order valence-electron chi connectivity index (χ1n) is 12.1. The van der Waals surface area contributed by atoms with Crippen LogP contribution in [0.2, 0.25) is 0 Å². The third kappa shape index (κ3) is 22.0. The number of esters is 1. The number of hydrogen-bond donors (Lipinski definition) is 0. The molecule has 0 aliphatic carbocycles.